The normalized spacial score (nSPS) is 16.1. The van der Waals surface area contributed by atoms with Crippen LogP contribution in [0.5, 0.6) is 11.5 Å². The van der Waals surface area contributed by atoms with Crippen LogP contribution in [-0.2, 0) is 9.59 Å². The standard InChI is InChI=1S/C20H18BrN3O4S/c1-2-27-15-9-12(8-14(21)18(15)28-11-17(22)25)10-16-19(26)24-20(29-16)23-13-6-4-3-5-7-13/h3-10H,2,11H2,1H3,(H2,22,25)(H,23,24,26)/b16-10-. The Morgan fingerprint density at radius 1 is 1.28 bits per heavy atom. The summed E-state index contributed by atoms with van der Waals surface area (Å²) >= 11 is 4.68. The van der Waals surface area contributed by atoms with E-state index in [1.165, 1.54) is 11.8 Å². The third-order valence-corrected chi connectivity index (χ3v) is 5.12. The molecule has 0 spiro atoms. The summed E-state index contributed by atoms with van der Waals surface area (Å²) in [6.07, 6.45) is 1.73. The summed E-state index contributed by atoms with van der Waals surface area (Å²) in [7, 11) is 0. The number of hydrogen-bond acceptors (Lipinski definition) is 6. The Morgan fingerprint density at radius 3 is 2.72 bits per heavy atom. The lowest BCUT2D eigenvalue weighted by Gasteiger charge is -2.13. The van der Waals surface area contributed by atoms with Crippen LogP contribution >= 0.6 is 27.7 Å². The number of carbonyl (C=O) groups excluding carboxylic acids is 2. The highest BCUT2D eigenvalue weighted by atomic mass is 79.9. The number of aliphatic imine (C=N–C) groups is 1. The van der Waals surface area contributed by atoms with Gasteiger partial charge in [-0.3, -0.25) is 9.59 Å². The van der Waals surface area contributed by atoms with Crippen LogP contribution in [0.15, 0.2) is 56.8 Å². The Hall–Kier alpha value is -2.78. The number of para-hydroxylation sites is 1. The number of primary amides is 1. The maximum absolute atomic E-state index is 12.3. The van der Waals surface area contributed by atoms with Crippen LogP contribution in [-0.4, -0.2) is 30.2 Å². The number of nitrogens with two attached hydrogens (primary N) is 1. The van der Waals surface area contributed by atoms with Gasteiger partial charge in [-0.15, -0.1) is 0 Å². The SMILES string of the molecule is CCOc1cc(/C=C2\SC(=Nc3ccccc3)NC2=O)cc(Br)c1OCC(N)=O. The quantitative estimate of drug-likeness (QED) is 0.595. The molecule has 0 aromatic heterocycles. The number of hydrogen-bond donors (Lipinski definition) is 2. The minimum absolute atomic E-state index is 0.229. The van der Waals surface area contributed by atoms with Crippen molar-refractivity contribution in [3.8, 4) is 11.5 Å². The van der Waals surface area contributed by atoms with Crippen molar-refractivity contribution in [3.63, 3.8) is 0 Å². The molecule has 1 fully saturated rings. The number of amides is 2. The first-order valence-corrected chi connectivity index (χ1v) is 10.3. The highest BCUT2D eigenvalue weighted by Crippen LogP contribution is 2.38. The number of amidine groups is 1. The molecule has 2 amide bonds. The number of halogens is 1. The summed E-state index contributed by atoms with van der Waals surface area (Å²) in [5, 5.41) is 3.27. The van der Waals surface area contributed by atoms with Gasteiger partial charge in [0.15, 0.2) is 23.3 Å². The van der Waals surface area contributed by atoms with Gasteiger partial charge in [-0.2, -0.15) is 0 Å². The molecule has 150 valence electrons. The van der Waals surface area contributed by atoms with Crippen LogP contribution < -0.4 is 20.5 Å². The van der Waals surface area contributed by atoms with Crippen molar-refractivity contribution in [1.82, 2.24) is 5.32 Å². The zero-order chi connectivity index (χ0) is 20.8. The third-order valence-electron chi connectivity index (χ3n) is 3.63. The van der Waals surface area contributed by atoms with E-state index in [2.05, 4.69) is 26.2 Å². The molecule has 0 saturated carbocycles. The molecule has 0 aliphatic carbocycles. The summed E-state index contributed by atoms with van der Waals surface area (Å²) in [6, 6.07) is 12.9. The van der Waals surface area contributed by atoms with Crippen molar-refractivity contribution in [2.24, 2.45) is 10.7 Å². The monoisotopic (exact) mass is 475 g/mol. The molecule has 0 bridgehead atoms. The summed E-state index contributed by atoms with van der Waals surface area (Å²) in [5.74, 6) is 0.00170. The first-order valence-electron chi connectivity index (χ1n) is 8.68. The zero-order valence-electron chi connectivity index (χ0n) is 15.5. The van der Waals surface area contributed by atoms with E-state index in [9.17, 15) is 9.59 Å². The molecular formula is C20H18BrN3O4S. The van der Waals surface area contributed by atoms with Crippen LogP contribution in [0.3, 0.4) is 0 Å². The summed E-state index contributed by atoms with van der Waals surface area (Å²) in [5.41, 5.74) is 6.63. The smallest absolute Gasteiger partial charge is 0.264 e. The lowest BCUT2D eigenvalue weighted by molar-refractivity contribution is -0.120. The third kappa shape index (κ3) is 5.61. The van der Waals surface area contributed by atoms with Crippen molar-refractivity contribution in [1.29, 1.82) is 0 Å². The average Bonchev–Trinajstić information content (AvgIpc) is 3.00. The maximum Gasteiger partial charge on any atom is 0.264 e. The number of nitrogens with zero attached hydrogens (tertiary/aromatic N) is 1. The van der Waals surface area contributed by atoms with E-state index in [-0.39, 0.29) is 12.5 Å². The Bertz CT molecular complexity index is 993. The van der Waals surface area contributed by atoms with E-state index < -0.39 is 5.91 Å². The molecule has 1 saturated heterocycles. The highest BCUT2D eigenvalue weighted by Gasteiger charge is 2.24. The van der Waals surface area contributed by atoms with Gasteiger partial charge in [0.1, 0.15) is 0 Å². The first-order chi connectivity index (χ1) is 14.0. The molecule has 0 unspecified atom stereocenters. The van der Waals surface area contributed by atoms with Gasteiger partial charge in [0.05, 0.1) is 21.7 Å². The number of thioether (sulfide) groups is 1. The zero-order valence-corrected chi connectivity index (χ0v) is 17.9. The Balaban J connectivity index is 1.86. The van der Waals surface area contributed by atoms with Gasteiger partial charge in [0.2, 0.25) is 0 Å². The van der Waals surface area contributed by atoms with Gasteiger partial charge in [0.25, 0.3) is 11.8 Å². The molecule has 1 heterocycles. The van der Waals surface area contributed by atoms with Crippen LogP contribution in [0.4, 0.5) is 5.69 Å². The molecule has 29 heavy (non-hydrogen) atoms. The lowest BCUT2D eigenvalue weighted by Crippen LogP contribution is -2.20. The molecule has 2 aromatic rings. The van der Waals surface area contributed by atoms with Crippen molar-refractivity contribution in [2.45, 2.75) is 6.92 Å². The van der Waals surface area contributed by atoms with Gasteiger partial charge >= 0.3 is 0 Å². The molecular weight excluding hydrogens is 458 g/mol. The first kappa shape index (κ1) is 20.9. The predicted molar refractivity (Wildman–Crippen MR) is 117 cm³/mol. The van der Waals surface area contributed by atoms with Gasteiger partial charge in [-0.25, -0.2) is 4.99 Å². The fourth-order valence-electron chi connectivity index (χ4n) is 2.47. The molecule has 1 aliphatic rings. The fraction of sp³-hybridized carbons (Fsp3) is 0.150. The summed E-state index contributed by atoms with van der Waals surface area (Å²) in [4.78, 5) is 28.3. The van der Waals surface area contributed by atoms with E-state index in [1.54, 1.807) is 18.2 Å². The molecule has 7 nitrogen and oxygen atoms in total. The molecule has 2 aromatic carbocycles. The van der Waals surface area contributed by atoms with Gasteiger partial charge in [0, 0.05) is 0 Å². The van der Waals surface area contributed by atoms with E-state index in [1.807, 2.05) is 37.3 Å². The maximum atomic E-state index is 12.3. The van der Waals surface area contributed by atoms with Crippen LogP contribution in [0.25, 0.3) is 6.08 Å². The molecule has 0 atom stereocenters. The fourth-order valence-corrected chi connectivity index (χ4v) is 3.89. The number of carbonyl (C=O) groups is 2. The van der Waals surface area contributed by atoms with E-state index in [0.29, 0.717) is 32.7 Å². The van der Waals surface area contributed by atoms with E-state index >= 15 is 0 Å². The van der Waals surface area contributed by atoms with E-state index in [4.69, 9.17) is 15.2 Å². The molecule has 1 aliphatic heterocycles. The second-order valence-corrected chi connectivity index (χ2v) is 7.72. The second kappa shape index (κ2) is 9.62. The van der Waals surface area contributed by atoms with Crippen LogP contribution in [0, 0.1) is 0 Å². The van der Waals surface area contributed by atoms with Crippen molar-refractivity contribution in [2.75, 3.05) is 13.2 Å². The number of nitrogens with one attached hydrogen (secondary N) is 1. The topological polar surface area (TPSA) is 103 Å². The van der Waals surface area contributed by atoms with Crippen molar-refractivity contribution in [3.05, 3.63) is 57.4 Å². The molecule has 0 radical (unpaired) electrons. The van der Waals surface area contributed by atoms with Crippen molar-refractivity contribution >= 4 is 56.4 Å². The number of benzene rings is 2. The Kier molecular flexibility index (Phi) is 6.95. The summed E-state index contributed by atoms with van der Waals surface area (Å²) < 4.78 is 11.6. The largest absolute Gasteiger partial charge is 0.490 e. The Morgan fingerprint density at radius 2 is 2.03 bits per heavy atom. The minimum atomic E-state index is -0.588. The van der Waals surface area contributed by atoms with Gasteiger partial charge < -0.3 is 20.5 Å². The number of ether oxygens (including phenoxy) is 2. The van der Waals surface area contributed by atoms with Crippen molar-refractivity contribution < 1.29 is 19.1 Å². The Labute approximate surface area is 180 Å². The molecule has 3 N–H and O–H groups in total. The summed E-state index contributed by atoms with van der Waals surface area (Å²) in [6.45, 7) is 1.97. The van der Waals surface area contributed by atoms with Gasteiger partial charge in [-0.05, 0) is 70.5 Å². The van der Waals surface area contributed by atoms with Gasteiger partial charge in [-0.1, -0.05) is 18.2 Å². The second-order valence-electron chi connectivity index (χ2n) is 5.84. The highest BCUT2D eigenvalue weighted by molar-refractivity contribution is 9.10. The number of rotatable bonds is 7. The van der Waals surface area contributed by atoms with Crippen LogP contribution in [0.2, 0.25) is 0 Å². The van der Waals surface area contributed by atoms with Crippen LogP contribution in [0.1, 0.15) is 12.5 Å². The lowest BCUT2D eigenvalue weighted by atomic mass is 10.2. The predicted octanol–water partition coefficient (Wildman–Crippen LogP) is 3.60. The minimum Gasteiger partial charge on any atom is -0.490 e. The molecule has 3 rings (SSSR count). The average molecular weight is 476 g/mol. The molecule has 9 heteroatoms. The van der Waals surface area contributed by atoms with E-state index in [0.717, 1.165) is 11.3 Å².